The first-order valence-corrected chi connectivity index (χ1v) is 14.3. The molecule has 5 aromatic rings. The molecule has 4 heteroatoms. The van der Waals surface area contributed by atoms with Gasteiger partial charge in [0.2, 0.25) is 0 Å². The van der Waals surface area contributed by atoms with Crippen LogP contribution in [0.5, 0.6) is 0 Å². The molecule has 0 saturated heterocycles. The molecule has 211 valence electrons. The molecule has 1 aromatic heterocycles. The largest absolute Gasteiger partial charge is 0.512 e. The van der Waals surface area contributed by atoms with Crippen molar-refractivity contribution in [2.24, 2.45) is 11.8 Å². The summed E-state index contributed by atoms with van der Waals surface area (Å²) < 4.78 is 0. The van der Waals surface area contributed by atoms with Crippen LogP contribution in [0.25, 0.3) is 43.2 Å². The SMILES string of the molecule is CCC(CC)C(=O)/C=C(\O)C(CC)CC.Cc1c(C)c2c3ccccc3cnc2c2[c-]cc3ccccc3c12.[Ir]. The quantitative estimate of drug-likeness (QED) is 0.0792. The topological polar surface area (TPSA) is 50.2 Å². The van der Waals surface area contributed by atoms with Crippen LogP contribution in [0, 0.1) is 31.7 Å². The third kappa shape index (κ3) is 6.14. The third-order valence-electron chi connectivity index (χ3n) is 8.28. The van der Waals surface area contributed by atoms with Crippen LogP contribution in [0.4, 0.5) is 0 Å². The maximum Gasteiger partial charge on any atom is 0.162 e. The van der Waals surface area contributed by atoms with Crippen molar-refractivity contribution in [1.29, 1.82) is 0 Å². The molecule has 0 saturated carbocycles. The Hall–Kier alpha value is -3.07. The smallest absolute Gasteiger partial charge is 0.162 e. The number of ketones is 1. The van der Waals surface area contributed by atoms with E-state index in [1.54, 1.807) is 0 Å². The molecule has 0 atom stereocenters. The molecule has 0 unspecified atom stereocenters. The van der Waals surface area contributed by atoms with E-state index >= 15 is 0 Å². The van der Waals surface area contributed by atoms with Gasteiger partial charge in [-0.2, -0.15) is 0 Å². The van der Waals surface area contributed by atoms with Crippen LogP contribution >= 0.6 is 0 Å². The minimum Gasteiger partial charge on any atom is -0.512 e. The monoisotopic (exact) mass is 711 g/mol. The van der Waals surface area contributed by atoms with Gasteiger partial charge in [0.15, 0.2) is 5.78 Å². The molecule has 3 nitrogen and oxygen atoms in total. The van der Waals surface area contributed by atoms with E-state index in [4.69, 9.17) is 4.98 Å². The zero-order chi connectivity index (χ0) is 28.1. The van der Waals surface area contributed by atoms with Crippen molar-refractivity contribution in [3.8, 4) is 0 Å². The Morgan fingerprint density at radius 2 is 1.35 bits per heavy atom. The first-order chi connectivity index (χ1) is 18.9. The number of nitrogens with zero attached hydrogens (tertiary/aromatic N) is 1. The standard InChI is InChI=1S/C23H16N.C13H24O2.Ir/c1-14-15(2)22-19-10-6-4-8-17(19)13-24-23(22)20-12-11-16-7-3-5-9-18(16)21(14)20;1-5-10(6-2)12(14)9-13(15)11(7-3)8-4;/h3-11,13H,1-2H3;9-11,14H,5-8H2,1-4H3;/q-1;;/b;12-9-;. The fourth-order valence-electron chi connectivity index (χ4n) is 5.67. The molecule has 4 aromatic carbocycles. The number of aliphatic hydroxyl groups is 1. The minimum absolute atomic E-state index is 0. The van der Waals surface area contributed by atoms with Gasteiger partial charge in [0.05, 0.1) is 5.76 Å². The summed E-state index contributed by atoms with van der Waals surface area (Å²) >= 11 is 0. The van der Waals surface area contributed by atoms with Crippen molar-refractivity contribution >= 4 is 49.0 Å². The summed E-state index contributed by atoms with van der Waals surface area (Å²) in [6.07, 6.45) is 6.89. The first kappa shape index (κ1) is 31.5. The van der Waals surface area contributed by atoms with Crippen LogP contribution in [-0.2, 0) is 24.9 Å². The van der Waals surface area contributed by atoms with Crippen LogP contribution in [-0.4, -0.2) is 15.9 Å². The number of fused-ring (bicyclic) bond motifs is 7. The second-order valence-corrected chi connectivity index (χ2v) is 10.4. The van der Waals surface area contributed by atoms with Crippen LogP contribution in [0.3, 0.4) is 0 Å². The molecule has 5 rings (SSSR count). The van der Waals surface area contributed by atoms with Crippen molar-refractivity contribution in [1.82, 2.24) is 4.98 Å². The molecule has 0 aliphatic carbocycles. The number of carbonyl (C=O) groups excluding carboxylic acids is 1. The molecule has 0 aliphatic rings. The number of rotatable bonds is 7. The van der Waals surface area contributed by atoms with E-state index in [9.17, 15) is 9.90 Å². The summed E-state index contributed by atoms with van der Waals surface area (Å²) in [5, 5.41) is 18.4. The van der Waals surface area contributed by atoms with Gasteiger partial charge in [-0.3, -0.25) is 4.79 Å². The molecule has 0 bridgehead atoms. The summed E-state index contributed by atoms with van der Waals surface area (Å²) in [6.45, 7) is 12.5. The van der Waals surface area contributed by atoms with Crippen LogP contribution in [0.15, 0.2) is 72.6 Å². The van der Waals surface area contributed by atoms with Crippen molar-refractivity contribution in [2.75, 3.05) is 0 Å². The number of aryl methyl sites for hydroxylation is 2. The number of hydrogen-bond acceptors (Lipinski definition) is 3. The fourth-order valence-corrected chi connectivity index (χ4v) is 5.67. The van der Waals surface area contributed by atoms with Crippen LogP contribution < -0.4 is 0 Å². The fraction of sp³-hybridized carbons (Fsp3) is 0.333. The zero-order valence-corrected chi connectivity index (χ0v) is 26.9. The summed E-state index contributed by atoms with van der Waals surface area (Å²) in [7, 11) is 0. The minimum atomic E-state index is 0. The van der Waals surface area contributed by atoms with Gasteiger partial charge in [-0.1, -0.05) is 104 Å². The Morgan fingerprint density at radius 3 is 1.95 bits per heavy atom. The number of hydrogen-bond donors (Lipinski definition) is 1. The second-order valence-electron chi connectivity index (χ2n) is 10.4. The summed E-state index contributed by atoms with van der Waals surface area (Å²) in [5.41, 5.74) is 3.69. The predicted molar refractivity (Wildman–Crippen MR) is 166 cm³/mol. The number of aromatic nitrogens is 1. The molecule has 1 N–H and O–H groups in total. The molecule has 1 radical (unpaired) electrons. The van der Waals surface area contributed by atoms with Gasteiger partial charge >= 0.3 is 0 Å². The number of allylic oxidation sites excluding steroid dienone is 2. The molecular formula is C36H40IrNO2-. The first-order valence-electron chi connectivity index (χ1n) is 14.3. The Bertz CT molecular complexity index is 1560. The number of pyridine rings is 1. The Kier molecular flexibility index (Phi) is 11.0. The molecule has 0 amide bonds. The van der Waals surface area contributed by atoms with Crippen molar-refractivity contribution in [3.05, 3.63) is 89.8 Å². The van der Waals surface area contributed by atoms with E-state index in [-0.39, 0.29) is 43.5 Å². The van der Waals surface area contributed by atoms with Crippen molar-refractivity contribution < 1.29 is 30.0 Å². The van der Waals surface area contributed by atoms with Crippen molar-refractivity contribution in [3.63, 3.8) is 0 Å². The van der Waals surface area contributed by atoms with Crippen LogP contribution in [0.1, 0.15) is 64.5 Å². The van der Waals surface area contributed by atoms with Gasteiger partial charge < -0.3 is 10.1 Å². The van der Waals surface area contributed by atoms with E-state index in [2.05, 4.69) is 74.5 Å². The van der Waals surface area contributed by atoms with Crippen molar-refractivity contribution in [2.45, 2.75) is 67.2 Å². The number of aliphatic hydroxyl groups excluding tert-OH is 1. The van der Waals surface area contributed by atoms with Crippen LogP contribution in [0.2, 0.25) is 0 Å². The van der Waals surface area contributed by atoms with E-state index in [0.29, 0.717) is 0 Å². The Morgan fingerprint density at radius 1 is 0.825 bits per heavy atom. The van der Waals surface area contributed by atoms with Gasteiger partial charge in [0.1, 0.15) is 0 Å². The summed E-state index contributed by atoms with van der Waals surface area (Å²) in [6, 6.07) is 22.6. The predicted octanol–water partition coefficient (Wildman–Crippen LogP) is 9.98. The maximum absolute atomic E-state index is 11.7. The Labute approximate surface area is 252 Å². The zero-order valence-electron chi connectivity index (χ0n) is 24.5. The normalized spacial score (nSPS) is 11.8. The molecular weight excluding hydrogens is 671 g/mol. The maximum atomic E-state index is 11.7. The molecule has 1 heterocycles. The van der Waals surface area contributed by atoms with Gasteiger partial charge in [-0.05, 0) is 61.2 Å². The third-order valence-corrected chi connectivity index (χ3v) is 8.28. The van der Waals surface area contributed by atoms with Gasteiger partial charge in [-0.25, -0.2) is 0 Å². The summed E-state index contributed by atoms with van der Waals surface area (Å²) in [5.74, 6) is 0.547. The second kappa shape index (κ2) is 14.0. The van der Waals surface area contributed by atoms with E-state index < -0.39 is 0 Å². The summed E-state index contributed by atoms with van der Waals surface area (Å²) in [4.78, 5) is 16.5. The van der Waals surface area contributed by atoms with Gasteiger partial charge in [0, 0.05) is 44.2 Å². The molecule has 0 aliphatic heterocycles. The van der Waals surface area contributed by atoms with E-state index in [0.717, 1.165) is 36.6 Å². The van der Waals surface area contributed by atoms with Gasteiger partial charge in [0.25, 0.3) is 0 Å². The molecule has 0 fully saturated rings. The van der Waals surface area contributed by atoms with E-state index in [1.165, 1.54) is 49.5 Å². The molecule has 0 spiro atoms. The Balaban J connectivity index is 0.000000243. The van der Waals surface area contributed by atoms with Gasteiger partial charge in [-0.15, -0.1) is 17.5 Å². The molecule has 40 heavy (non-hydrogen) atoms. The number of benzene rings is 4. The van der Waals surface area contributed by atoms with E-state index in [1.807, 2.05) is 33.9 Å². The average molecular weight is 711 g/mol. The number of carbonyl (C=O) groups is 1. The average Bonchev–Trinajstić information content (AvgIpc) is 2.96.